The van der Waals surface area contributed by atoms with E-state index >= 15 is 0 Å². The third-order valence-electron chi connectivity index (χ3n) is 3.66. The van der Waals surface area contributed by atoms with Crippen molar-refractivity contribution in [3.05, 3.63) is 53.7 Å². The Morgan fingerprint density at radius 2 is 2.09 bits per heavy atom. The van der Waals surface area contributed by atoms with Crippen molar-refractivity contribution in [1.29, 1.82) is 0 Å². The van der Waals surface area contributed by atoms with E-state index in [4.69, 9.17) is 0 Å². The van der Waals surface area contributed by atoms with Gasteiger partial charge in [0.1, 0.15) is 17.7 Å². The number of aryl methyl sites for hydroxylation is 1. The molecule has 1 N–H and O–H groups in total. The van der Waals surface area contributed by atoms with E-state index in [9.17, 15) is 9.18 Å². The maximum atomic E-state index is 12.9. The minimum absolute atomic E-state index is 0.0348. The van der Waals surface area contributed by atoms with Crippen molar-refractivity contribution >= 4 is 11.7 Å². The molecule has 1 amide bonds. The normalized spacial score (nSPS) is 17.8. The summed E-state index contributed by atoms with van der Waals surface area (Å²) in [4.78, 5) is 22.5. The van der Waals surface area contributed by atoms with Crippen molar-refractivity contribution in [2.24, 2.45) is 0 Å². The summed E-state index contributed by atoms with van der Waals surface area (Å²) >= 11 is 0. The topological polar surface area (TPSA) is 58.1 Å². The minimum Gasteiger partial charge on any atom is -0.357 e. The average Bonchev–Trinajstić information content (AvgIpc) is 2.83. The Bertz CT molecular complexity index is 674. The second kappa shape index (κ2) is 6.09. The Labute approximate surface area is 128 Å². The summed E-state index contributed by atoms with van der Waals surface area (Å²) in [6.07, 6.45) is 4.00. The number of aromatic nitrogens is 2. The lowest BCUT2D eigenvalue weighted by atomic mass is 10.2. The zero-order valence-electron chi connectivity index (χ0n) is 12.3. The Morgan fingerprint density at radius 3 is 2.82 bits per heavy atom. The fourth-order valence-electron chi connectivity index (χ4n) is 2.55. The fourth-order valence-corrected chi connectivity index (χ4v) is 2.55. The number of likely N-dealkylation sites (tertiary alicyclic amines) is 1. The summed E-state index contributed by atoms with van der Waals surface area (Å²) in [6.45, 7) is 3.03. The highest BCUT2D eigenvalue weighted by Crippen LogP contribution is 2.18. The van der Waals surface area contributed by atoms with Crippen LogP contribution in [0.15, 0.2) is 36.7 Å². The van der Waals surface area contributed by atoms with Crippen molar-refractivity contribution in [3.8, 4) is 0 Å². The van der Waals surface area contributed by atoms with Crippen LogP contribution in [0, 0.1) is 12.7 Å². The molecule has 2 aromatic rings. The third-order valence-corrected chi connectivity index (χ3v) is 3.66. The lowest BCUT2D eigenvalue weighted by molar-refractivity contribution is -0.128. The lowest BCUT2D eigenvalue weighted by Gasteiger charge is -2.17. The molecule has 1 saturated heterocycles. The van der Waals surface area contributed by atoms with Gasteiger partial charge >= 0.3 is 0 Å². The van der Waals surface area contributed by atoms with Crippen molar-refractivity contribution in [2.75, 3.05) is 11.9 Å². The summed E-state index contributed by atoms with van der Waals surface area (Å²) in [5.74, 6) is 0.378. The molecule has 1 aliphatic rings. The first-order valence-corrected chi connectivity index (χ1v) is 7.20. The molecule has 3 rings (SSSR count). The molecule has 1 aromatic carbocycles. The van der Waals surface area contributed by atoms with Crippen LogP contribution in [0.4, 0.5) is 10.2 Å². The first kappa shape index (κ1) is 14.4. The molecule has 1 aromatic heterocycles. The average molecular weight is 300 g/mol. The predicted octanol–water partition coefficient (Wildman–Crippen LogP) is 2.14. The molecule has 0 bridgehead atoms. The van der Waals surface area contributed by atoms with Gasteiger partial charge in [-0.15, -0.1) is 0 Å². The number of carbonyl (C=O) groups excluding carboxylic acids is 1. The molecule has 1 unspecified atom stereocenters. The molecule has 6 heteroatoms. The van der Waals surface area contributed by atoms with E-state index in [1.165, 1.54) is 12.1 Å². The van der Waals surface area contributed by atoms with Crippen molar-refractivity contribution < 1.29 is 9.18 Å². The van der Waals surface area contributed by atoms with Gasteiger partial charge in [0.25, 0.3) is 0 Å². The van der Waals surface area contributed by atoms with Crippen molar-refractivity contribution in [2.45, 2.75) is 25.9 Å². The van der Waals surface area contributed by atoms with Crippen LogP contribution in [0.3, 0.4) is 0 Å². The Balaban J connectivity index is 1.63. The van der Waals surface area contributed by atoms with Gasteiger partial charge in [-0.1, -0.05) is 12.1 Å². The number of carbonyl (C=O) groups is 1. The van der Waals surface area contributed by atoms with Crippen LogP contribution in [-0.4, -0.2) is 33.4 Å². The predicted molar refractivity (Wildman–Crippen MR) is 80.6 cm³/mol. The highest BCUT2D eigenvalue weighted by molar-refractivity contribution is 5.86. The number of halogens is 1. The molecule has 0 spiro atoms. The number of amides is 1. The van der Waals surface area contributed by atoms with Gasteiger partial charge in [-0.2, -0.15) is 0 Å². The molecule has 22 heavy (non-hydrogen) atoms. The van der Waals surface area contributed by atoms with Gasteiger partial charge in [-0.3, -0.25) is 9.78 Å². The maximum Gasteiger partial charge on any atom is 0.245 e. The largest absolute Gasteiger partial charge is 0.357 e. The number of hydrogen-bond donors (Lipinski definition) is 1. The number of anilines is 1. The minimum atomic E-state index is -0.281. The molecule has 0 aliphatic carbocycles. The van der Waals surface area contributed by atoms with Crippen molar-refractivity contribution in [1.82, 2.24) is 14.9 Å². The van der Waals surface area contributed by atoms with Gasteiger partial charge < -0.3 is 10.2 Å². The maximum absolute atomic E-state index is 12.9. The molecule has 1 fully saturated rings. The van der Waals surface area contributed by atoms with Crippen LogP contribution in [0.2, 0.25) is 0 Å². The summed E-state index contributed by atoms with van der Waals surface area (Å²) in [6, 6.07) is 5.95. The Kier molecular flexibility index (Phi) is 4.00. The van der Waals surface area contributed by atoms with Gasteiger partial charge in [0, 0.05) is 19.3 Å². The molecule has 1 aliphatic heterocycles. The van der Waals surface area contributed by atoms with Crippen molar-refractivity contribution in [3.63, 3.8) is 0 Å². The summed E-state index contributed by atoms with van der Waals surface area (Å²) in [5, 5.41) is 3.13. The van der Waals surface area contributed by atoms with Crippen LogP contribution in [0.5, 0.6) is 0 Å². The molecule has 1 atom stereocenters. The van der Waals surface area contributed by atoms with Gasteiger partial charge in [-0.05, 0) is 31.0 Å². The van der Waals surface area contributed by atoms with E-state index in [0.717, 1.165) is 17.7 Å². The quantitative estimate of drug-likeness (QED) is 0.940. The van der Waals surface area contributed by atoms with E-state index in [0.29, 0.717) is 18.9 Å². The molecule has 2 heterocycles. The van der Waals surface area contributed by atoms with E-state index in [1.54, 1.807) is 29.4 Å². The summed E-state index contributed by atoms with van der Waals surface area (Å²) in [5.41, 5.74) is 1.73. The summed E-state index contributed by atoms with van der Waals surface area (Å²) in [7, 11) is 0. The van der Waals surface area contributed by atoms with E-state index < -0.39 is 0 Å². The Morgan fingerprint density at radius 1 is 1.32 bits per heavy atom. The SMILES string of the molecule is Cc1cncc(NC2CCN(Cc3ccc(F)cc3)C2=O)n1. The highest BCUT2D eigenvalue weighted by atomic mass is 19.1. The zero-order valence-corrected chi connectivity index (χ0v) is 12.3. The second-order valence-corrected chi connectivity index (χ2v) is 5.42. The van der Waals surface area contributed by atoms with Crippen LogP contribution in [-0.2, 0) is 11.3 Å². The van der Waals surface area contributed by atoms with E-state index in [-0.39, 0.29) is 17.8 Å². The molecule has 114 valence electrons. The number of benzene rings is 1. The van der Waals surface area contributed by atoms with Crippen LogP contribution in [0.1, 0.15) is 17.7 Å². The van der Waals surface area contributed by atoms with Gasteiger partial charge in [-0.25, -0.2) is 9.37 Å². The van der Waals surface area contributed by atoms with Crippen LogP contribution >= 0.6 is 0 Å². The number of hydrogen-bond acceptors (Lipinski definition) is 4. The highest BCUT2D eigenvalue weighted by Gasteiger charge is 2.31. The second-order valence-electron chi connectivity index (χ2n) is 5.42. The standard InChI is InChI=1S/C16H17FN4O/c1-11-8-18-9-15(19-11)20-14-6-7-21(16(14)22)10-12-2-4-13(17)5-3-12/h2-5,8-9,14H,6-7,10H2,1H3,(H,19,20). The molecule has 0 saturated carbocycles. The number of nitrogens with one attached hydrogen (secondary N) is 1. The van der Waals surface area contributed by atoms with E-state index in [2.05, 4.69) is 15.3 Å². The molecule has 0 radical (unpaired) electrons. The molecular weight excluding hydrogens is 283 g/mol. The monoisotopic (exact) mass is 300 g/mol. The number of nitrogens with zero attached hydrogens (tertiary/aromatic N) is 3. The van der Waals surface area contributed by atoms with Gasteiger partial charge in [0.2, 0.25) is 5.91 Å². The van der Waals surface area contributed by atoms with Gasteiger partial charge in [0.05, 0.1) is 11.9 Å². The lowest BCUT2D eigenvalue weighted by Crippen LogP contribution is -2.33. The van der Waals surface area contributed by atoms with Gasteiger partial charge in [0.15, 0.2) is 0 Å². The van der Waals surface area contributed by atoms with E-state index in [1.807, 2.05) is 6.92 Å². The first-order valence-electron chi connectivity index (χ1n) is 7.20. The number of rotatable bonds is 4. The first-order chi connectivity index (χ1) is 10.6. The Hall–Kier alpha value is -2.50. The third kappa shape index (κ3) is 3.21. The zero-order chi connectivity index (χ0) is 15.5. The fraction of sp³-hybridized carbons (Fsp3) is 0.312. The molecule has 5 nitrogen and oxygen atoms in total. The summed E-state index contributed by atoms with van der Waals surface area (Å²) < 4.78 is 12.9. The van der Waals surface area contributed by atoms with Crippen LogP contribution < -0.4 is 5.32 Å². The smallest absolute Gasteiger partial charge is 0.245 e. The van der Waals surface area contributed by atoms with Crippen LogP contribution in [0.25, 0.3) is 0 Å². The molecular formula is C16H17FN4O.